The van der Waals surface area contributed by atoms with E-state index in [1.54, 1.807) is 0 Å². The molecule has 5 heteroatoms. The van der Waals surface area contributed by atoms with Gasteiger partial charge < -0.3 is 33.3 Å². The summed E-state index contributed by atoms with van der Waals surface area (Å²) in [5, 5.41) is 3.85. The first-order chi connectivity index (χ1) is 19.4. The van der Waals surface area contributed by atoms with E-state index in [9.17, 15) is 0 Å². The molecule has 5 aromatic rings. The number of nitrogens with zero attached hydrogens (tertiary/aromatic N) is 2. The third-order valence-electron chi connectivity index (χ3n) is 7.47. The standard InChI is InChI=1S/C35H34N2OP.HI/c1-2-16-28-37(27-15-1)35-34(36-33(38-35)26-25-29-17-7-3-8-18-29)39(30-19-9-4-10-20-30,31-21-11-5-12-22-31)32-23-13-6-14-24-32;/h3-14,17-26H,1-2,15-16,27-28H2;1H/q+1;/p-1. The van der Waals surface area contributed by atoms with Crippen LogP contribution in [0.1, 0.15) is 37.1 Å². The van der Waals surface area contributed by atoms with Crippen molar-refractivity contribution < 1.29 is 28.4 Å². The number of oxazole rings is 1. The van der Waals surface area contributed by atoms with Crippen LogP contribution in [0.15, 0.2) is 126 Å². The van der Waals surface area contributed by atoms with Gasteiger partial charge >= 0.3 is 0 Å². The van der Waals surface area contributed by atoms with Crippen molar-refractivity contribution in [2.75, 3.05) is 18.0 Å². The van der Waals surface area contributed by atoms with Crippen LogP contribution in [0.3, 0.4) is 0 Å². The van der Waals surface area contributed by atoms with Gasteiger partial charge in [-0.15, -0.1) is 0 Å². The van der Waals surface area contributed by atoms with Gasteiger partial charge in [-0.25, -0.2) is 0 Å². The van der Waals surface area contributed by atoms with Crippen LogP contribution in [0.2, 0.25) is 0 Å². The highest BCUT2D eigenvalue weighted by Crippen LogP contribution is 2.56. The molecule has 1 fully saturated rings. The lowest BCUT2D eigenvalue weighted by Crippen LogP contribution is -3.00. The van der Waals surface area contributed by atoms with E-state index in [1.165, 1.54) is 41.6 Å². The average Bonchev–Trinajstić information content (AvgIpc) is 3.24. The number of hydrogen-bond donors (Lipinski definition) is 0. The Balaban J connectivity index is 0.00000323. The summed E-state index contributed by atoms with van der Waals surface area (Å²) < 4.78 is 6.76. The normalized spacial score (nSPS) is 14.1. The molecule has 0 spiro atoms. The highest BCUT2D eigenvalue weighted by molar-refractivity contribution is 8.01. The summed E-state index contributed by atoms with van der Waals surface area (Å²) >= 11 is 0. The maximum atomic E-state index is 6.76. The van der Waals surface area contributed by atoms with E-state index < -0.39 is 7.26 Å². The van der Waals surface area contributed by atoms with E-state index >= 15 is 0 Å². The Bertz CT molecular complexity index is 1400. The maximum Gasteiger partial charge on any atom is 0.262 e. The molecule has 0 aliphatic carbocycles. The molecule has 0 bridgehead atoms. The molecule has 2 heterocycles. The van der Waals surface area contributed by atoms with Crippen molar-refractivity contribution >= 4 is 46.6 Å². The zero-order valence-electron chi connectivity index (χ0n) is 22.6. The zero-order chi connectivity index (χ0) is 26.3. The molecule has 0 unspecified atom stereocenters. The van der Waals surface area contributed by atoms with Crippen LogP contribution in [0.5, 0.6) is 0 Å². The van der Waals surface area contributed by atoms with Crippen molar-refractivity contribution in [1.29, 1.82) is 0 Å². The second-order valence-electron chi connectivity index (χ2n) is 10.0. The van der Waals surface area contributed by atoms with Crippen LogP contribution >= 0.6 is 7.26 Å². The monoisotopic (exact) mass is 656 g/mol. The van der Waals surface area contributed by atoms with Gasteiger partial charge in [-0.05, 0) is 60.9 Å². The smallest absolute Gasteiger partial charge is 0.262 e. The fourth-order valence-corrected chi connectivity index (χ4v) is 9.80. The molecule has 0 N–H and O–H groups in total. The number of benzene rings is 4. The minimum Gasteiger partial charge on any atom is -1.00 e. The molecule has 0 amide bonds. The summed E-state index contributed by atoms with van der Waals surface area (Å²) in [5.74, 6) is 1.58. The summed E-state index contributed by atoms with van der Waals surface area (Å²) in [6, 6.07) is 43.2. The molecule has 1 saturated heterocycles. The van der Waals surface area contributed by atoms with E-state index in [0.29, 0.717) is 5.89 Å². The zero-order valence-corrected chi connectivity index (χ0v) is 25.6. The van der Waals surface area contributed by atoms with Crippen LogP contribution in [-0.2, 0) is 0 Å². The summed E-state index contributed by atoms with van der Waals surface area (Å²) in [6.07, 6.45) is 8.98. The highest BCUT2D eigenvalue weighted by atomic mass is 127. The summed E-state index contributed by atoms with van der Waals surface area (Å²) in [5.41, 5.74) is 2.18. The molecule has 0 saturated carbocycles. The van der Waals surface area contributed by atoms with Crippen LogP contribution in [-0.4, -0.2) is 18.1 Å². The van der Waals surface area contributed by atoms with Gasteiger partial charge in [0.15, 0.2) is 7.26 Å². The minimum atomic E-state index is -2.38. The van der Waals surface area contributed by atoms with Gasteiger partial charge in [-0.1, -0.05) is 97.8 Å². The van der Waals surface area contributed by atoms with E-state index in [0.717, 1.165) is 30.0 Å². The van der Waals surface area contributed by atoms with Gasteiger partial charge in [0, 0.05) is 19.2 Å². The topological polar surface area (TPSA) is 29.3 Å². The van der Waals surface area contributed by atoms with Crippen LogP contribution < -0.4 is 50.2 Å². The lowest BCUT2D eigenvalue weighted by Gasteiger charge is -2.28. The SMILES string of the molecule is C(=Cc1nc([P+](c2ccccc2)(c2ccccc2)c2ccccc2)c(N2CCCCCC2)o1)c1ccccc1.[I-]. The van der Waals surface area contributed by atoms with Crippen molar-refractivity contribution in [2.24, 2.45) is 0 Å². The Hall–Kier alpha value is -3.21. The predicted molar refractivity (Wildman–Crippen MR) is 167 cm³/mol. The molecule has 4 aromatic carbocycles. The Morgan fingerprint density at radius 3 is 1.50 bits per heavy atom. The number of hydrogen-bond acceptors (Lipinski definition) is 3. The molecule has 0 atom stereocenters. The quantitative estimate of drug-likeness (QED) is 0.197. The van der Waals surface area contributed by atoms with Crippen molar-refractivity contribution in [3.8, 4) is 0 Å². The van der Waals surface area contributed by atoms with Crippen molar-refractivity contribution in [1.82, 2.24) is 4.98 Å². The lowest BCUT2D eigenvalue weighted by molar-refractivity contribution is -0.00000809. The first-order valence-corrected chi connectivity index (χ1v) is 15.7. The predicted octanol–water partition coefficient (Wildman–Crippen LogP) is 3.85. The van der Waals surface area contributed by atoms with Gasteiger partial charge in [-0.2, -0.15) is 4.98 Å². The Morgan fingerprint density at radius 2 is 1.02 bits per heavy atom. The minimum absolute atomic E-state index is 0. The number of aromatic nitrogens is 1. The fourth-order valence-electron chi connectivity index (χ4n) is 5.59. The molecule has 6 rings (SSSR count). The van der Waals surface area contributed by atoms with Crippen LogP contribution in [0.4, 0.5) is 5.88 Å². The molecular weight excluding hydrogens is 622 g/mol. The molecule has 1 aliphatic heterocycles. The maximum absolute atomic E-state index is 6.76. The fraction of sp³-hybridized carbons (Fsp3) is 0.171. The Morgan fingerprint density at radius 1 is 0.575 bits per heavy atom. The number of rotatable bonds is 7. The molecule has 1 aliphatic rings. The largest absolute Gasteiger partial charge is 1.00 e. The lowest BCUT2D eigenvalue weighted by atomic mass is 10.2. The van der Waals surface area contributed by atoms with Crippen molar-refractivity contribution in [2.45, 2.75) is 25.7 Å². The van der Waals surface area contributed by atoms with E-state index in [4.69, 9.17) is 9.40 Å². The molecular formula is C35H34IN2OP. The number of halogens is 1. The first-order valence-electron chi connectivity index (χ1n) is 13.9. The second kappa shape index (κ2) is 13.4. The van der Waals surface area contributed by atoms with Crippen LogP contribution in [0.25, 0.3) is 12.2 Å². The summed E-state index contributed by atoms with van der Waals surface area (Å²) in [6.45, 7) is 1.98. The van der Waals surface area contributed by atoms with Gasteiger partial charge in [-0.3, -0.25) is 0 Å². The Kier molecular flexibility index (Phi) is 9.51. The molecule has 1 aromatic heterocycles. The van der Waals surface area contributed by atoms with Crippen LogP contribution in [0, 0.1) is 0 Å². The van der Waals surface area contributed by atoms with E-state index in [1.807, 2.05) is 12.1 Å². The molecule has 202 valence electrons. The van der Waals surface area contributed by atoms with Gasteiger partial charge in [0.1, 0.15) is 15.9 Å². The van der Waals surface area contributed by atoms with Gasteiger partial charge in [0.05, 0.1) is 0 Å². The number of anilines is 1. The van der Waals surface area contributed by atoms with Crippen molar-refractivity contribution in [3.63, 3.8) is 0 Å². The third kappa shape index (κ3) is 5.80. The molecule has 40 heavy (non-hydrogen) atoms. The second-order valence-corrected chi connectivity index (χ2v) is 13.3. The molecule has 3 nitrogen and oxygen atoms in total. The third-order valence-corrected chi connectivity index (χ3v) is 11.6. The van der Waals surface area contributed by atoms with Crippen molar-refractivity contribution in [3.05, 3.63) is 133 Å². The first kappa shape index (κ1) is 28.3. The average molecular weight is 657 g/mol. The highest BCUT2D eigenvalue weighted by Gasteiger charge is 2.53. The van der Waals surface area contributed by atoms with Gasteiger partial charge in [0.25, 0.3) is 11.3 Å². The summed E-state index contributed by atoms with van der Waals surface area (Å²) in [7, 11) is -2.38. The van der Waals surface area contributed by atoms with E-state index in [-0.39, 0.29) is 24.0 Å². The van der Waals surface area contributed by atoms with Gasteiger partial charge in [0.2, 0.25) is 5.89 Å². The summed E-state index contributed by atoms with van der Waals surface area (Å²) in [4.78, 5) is 7.84. The molecule has 0 radical (unpaired) electrons. The Labute approximate surface area is 255 Å². The van der Waals surface area contributed by atoms with E-state index in [2.05, 4.69) is 126 Å².